The molecule has 0 spiro atoms. The summed E-state index contributed by atoms with van der Waals surface area (Å²) in [5.74, 6) is -9.00. The summed E-state index contributed by atoms with van der Waals surface area (Å²) in [6.07, 6.45) is 4.51. The summed E-state index contributed by atoms with van der Waals surface area (Å²) >= 11 is 0. The van der Waals surface area contributed by atoms with Crippen molar-refractivity contribution in [2.24, 2.45) is 0 Å². The number of unbranched alkanes of at least 4 members (excludes halogenated alkanes) is 8. The van der Waals surface area contributed by atoms with Crippen LogP contribution in [0.3, 0.4) is 0 Å². The summed E-state index contributed by atoms with van der Waals surface area (Å²) in [5, 5.41) is 0. The fourth-order valence-electron chi connectivity index (χ4n) is 4.90. The van der Waals surface area contributed by atoms with E-state index in [0.717, 1.165) is 63.5 Å². The lowest BCUT2D eigenvalue weighted by Gasteiger charge is -2.28. The molecule has 2 aromatic rings. The highest BCUT2D eigenvalue weighted by atomic mass is 79.9. The molecular weight excluding hydrogens is 612 g/mol. The van der Waals surface area contributed by atoms with Gasteiger partial charge in [0.25, 0.3) is 5.82 Å². The van der Waals surface area contributed by atoms with E-state index in [0.29, 0.717) is 24.6 Å². The molecule has 0 amide bonds. The number of hydrogen-bond acceptors (Lipinski definition) is 1. The van der Waals surface area contributed by atoms with Gasteiger partial charge in [0.1, 0.15) is 30.5 Å². The molecule has 1 aromatic carbocycles. The molecule has 1 aliphatic rings. The van der Waals surface area contributed by atoms with E-state index in [-0.39, 0.29) is 35.6 Å². The van der Waals surface area contributed by atoms with Gasteiger partial charge in [-0.2, -0.15) is 30.7 Å². The highest BCUT2D eigenvalue weighted by Gasteiger charge is 2.72. The van der Waals surface area contributed by atoms with E-state index >= 15 is 0 Å². The molecule has 0 radical (unpaired) electrons. The maximum absolute atomic E-state index is 13.8. The molecule has 0 unspecified atom stereocenters. The number of ether oxygens (including phenoxy) is 1. The van der Waals surface area contributed by atoms with Crippen LogP contribution < -0.4 is 26.3 Å². The molecule has 3 nitrogen and oxygen atoms in total. The molecule has 1 fully saturated rings. The molecule has 1 heterocycles. The standard InChI is InChI=1S/C28H37F8N2O.BrH/c1-39-24-14-13-23(29)19-22(24)20-38-18-17-37(25(38)21-11-12-21)16-10-8-6-4-2-3-5-7-9-15-26(30,31)27(32,33)28(34,35)36;/h13-14,17-19,21H,2-12,15-16,20H2,1H3;1H/q+1;/p-1. The monoisotopic (exact) mass is 648 g/mol. The van der Waals surface area contributed by atoms with Crippen LogP contribution >= 0.6 is 0 Å². The molecule has 228 valence electrons. The molecule has 1 aliphatic carbocycles. The first kappa shape index (κ1) is 34.4. The van der Waals surface area contributed by atoms with Crippen LogP contribution in [0, 0.1) is 5.82 Å². The Balaban J connectivity index is 0.00000560. The van der Waals surface area contributed by atoms with Gasteiger partial charge in [0, 0.05) is 12.0 Å². The minimum absolute atomic E-state index is 0. The average Bonchev–Trinajstić information content (AvgIpc) is 3.62. The van der Waals surface area contributed by atoms with Crippen LogP contribution in [0.25, 0.3) is 0 Å². The molecule has 40 heavy (non-hydrogen) atoms. The van der Waals surface area contributed by atoms with Gasteiger partial charge in [-0.3, -0.25) is 0 Å². The van der Waals surface area contributed by atoms with Crippen LogP contribution in [0.1, 0.15) is 94.4 Å². The fraction of sp³-hybridized carbons (Fsp3) is 0.679. The van der Waals surface area contributed by atoms with Gasteiger partial charge in [-0.05, 0) is 50.3 Å². The maximum Gasteiger partial charge on any atom is 0.459 e. The van der Waals surface area contributed by atoms with Crippen molar-refractivity contribution in [3.8, 4) is 5.75 Å². The van der Waals surface area contributed by atoms with Crippen LogP contribution in [-0.2, 0) is 13.1 Å². The normalized spacial score (nSPS) is 14.3. The fourth-order valence-corrected chi connectivity index (χ4v) is 4.90. The van der Waals surface area contributed by atoms with Gasteiger partial charge in [0.2, 0.25) is 0 Å². The number of imidazole rings is 1. The lowest BCUT2D eigenvalue weighted by molar-refractivity contribution is -0.695. The van der Waals surface area contributed by atoms with Crippen molar-refractivity contribution in [3.05, 3.63) is 47.8 Å². The molecule has 0 saturated heterocycles. The maximum atomic E-state index is 13.8. The number of aryl methyl sites for hydroxylation is 1. The topological polar surface area (TPSA) is 18.0 Å². The Kier molecular flexibility index (Phi) is 12.8. The van der Waals surface area contributed by atoms with E-state index in [4.69, 9.17) is 4.74 Å². The summed E-state index contributed by atoms with van der Waals surface area (Å²) in [4.78, 5) is 0. The molecule has 0 aliphatic heterocycles. The van der Waals surface area contributed by atoms with E-state index in [1.165, 1.54) is 18.0 Å². The highest BCUT2D eigenvalue weighted by molar-refractivity contribution is 5.33. The first-order valence-electron chi connectivity index (χ1n) is 13.6. The Morgan fingerprint density at radius 3 is 2.00 bits per heavy atom. The minimum Gasteiger partial charge on any atom is -1.00 e. The molecular formula is C28H37BrF8N2O. The van der Waals surface area contributed by atoms with Gasteiger partial charge in [0.05, 0.1) is 19.6 Å². The Morgan fingerprint density at radius 1 is 0.875 bits per heavy atom. The quantitative estimate of drug-likeness (QED) is 0.124. The van der Waals surface area contributed by atoms with Crippen molar-refractivity contribution >= 4 is 0 Å². The number of rotatable bonds is 17. The minimum atomic E-state index is -6.25. The first-order valence-corrected chi connectivity index (χ1v) is 13.6. The molecule has 3 rings (SSSR count). The number of nitrogens with zero attached hydrogens (tertiary/aromatic N) is 2. The van der Waals surface area contributed by atoms with Crippen LogP contribution in [-0.4, -0.2) is 29.7 Å². The second-order valence-corrected chi connectivity index (χ2v) is 10.4. The molecule has 12 heteroatoms. The molecule has 1 saturated carbocycles. The Morgan fingerprint density at radius 2 is 1.45 bits per heavy atom. The summed E-state index contributed by atoms with van der Waals surface area (Å²) in [6, 6.07) is 4.52. The largest absolute Gasteiger partial charge is 1.00 e. The SMILES string of the molecule is COc1ccc(F)cc1C[n+]1ccn(CCCCCCCCCCCC(F)(F)C(F)(F)C(F)(F)F)c1C1CC1.[Br-]. The van der Waals surface area contributed by atoms with E-state index in [1.807, 2.05) is 6.20 Å². The third-order valence-electron chi connectivity index (χ3n) is 7.25. The van der Waals surface area contributed by atoms with Gasteiger partial charge < -0.3 is 21.7 Å². The van der Waals surface area contributed by atoms with Gasteiger partial charge in [-0.15, -0.1) is 0 Å². The van der Waals surface area contributed by atoms with Crippen molar-refractivity contribution in [2.45, 2.75) is 114 Å². The first-order chi connectivity index (χ1) is 18.4. The Bertz CT molecular complexity index is 1050. The second-order valence-electron chi connectivity index (χ2n) is 10.4. The van der Waals surface area contributed by atoms with Gasteiger partial charge in [-0.25, -0.2) is 13.5 Å². The van der Waals surface area contributed by atoms with Crippen LogP contribution in [0.5, 0.6) is 5.75 Å². The van der Waals surface area contributed by atoms with Crippen molar-refractivity contribution in [3.63, 3.8) is 0 Å². The molecule has 0 N–H and O–H groups in total. The van der Waals surface area contributed by atoms with E-state index in [9.17, 15) is 35.1 Å². The number of aromatic nitrogens is 2. The van der Waals surface area contributed by atoms with Gasteiger partial charge in [0.15, 0.2) is 0 Å². The number of halogens is 9. The predicted octanol–water partition coefficient (Wildman–Crippen LogP) is 5.59. The third-order valence-corrected chi connectivity index (χ3v) is 7.25. The van der Waals surface area contributed by atoms with Crippen molar-refractivity contribution in [1.82, 2.24) is 4.57 Å². The number of benzene rings is 1. The second kappa shape index (κ2) is 14.9. The molecule has 0 atom stereocenters. The molecule has 1 aromatic heterocycles. The van der Waals surface area contributed by atoms with Gasteiger partial charge >= 0.3 is 18.0 Å². The van der Waals surface area contributed by atoms with E-state index < -0.39 is 24.4 Å². The lowest BCUT2D eigenvalue weighted by atomic mass is 10.0. The lowest BCUT2D eigenvalue weighted by Crippen LogP contribution is -3.00. The van der Waals surface area contributed by atoms with Crippen molar-refractivity contribution in [1.29, 1.82) is 0 Å². The average molecular weight is 650 g/mol. The summed E-state index contributed by atoms with van der Waals surface area (Å²) < 4.78 is 112. The van der Waals surface area contributed by atoms with Crippen LogP contribution in [0.15, 0.2) is 30.6 Å². The van der Waals surface area contributed by atoms with Crippen molar-refractivity contribution in [2.75, 3.05) is 7.11 Å². The van der Waals surface area contributed by atoms with Crippen molar-refractivity contribution < 1.29 is 61.4 Å². The van der Waals surface area contributed by atoms with Crippen LogP contribution in [0.2, 0.25) is 0 Å². The Labute approximate surface area is 240 Å². The van der Waals surface area contributed by atoms with Crippen LogP contribution in [0.4, 0.5) is 35.1 Å². The smallest absolute Gasteiger partial charge is 0.459 e. The zero-order valence-electron chi connectivity index (χ0n) is 22.6. The van der Waals surface area contributed by atoms with E-state index in [1.54, 1.807) is 13.2 Å². The summed E-state index contributed by atoms with van der Waals surface area (Å²) in [7, 11) is 1.57. The Hall–Kier alpha value is -1.85. The summed E-state index contributed by atoms with van der Waals surface area (Å²) in [5.41, 5.74) is 0.787. The number of methoxy groups -OCH3 is 1. The molecule has 0 bridgehead atoms. The van der Waals surface area contributed by atoms with Gasteiger partial charge in [-0.1, -0.05) is 38.5 Å². The zero-order valence-corrected chi connectivity index (χ0v) is 24.2. The third kappa shape index (κ3) is 9.08. The number of alkyl halides is 7. The predicted molar refractivity (Wildman–Crippen MR) is 131 cm³/mol. The van der Waals surface area contributed by atoms with E-state index in [2.05, 4.69) is 15.3 Å². The highest BCUT2D eigenvalue weighted by Crippen LogP contribution is 2.48. The number of hydrogen-bond donors (Lipinski definition) is 0. The zero-order chi connectivity index (χ0) is 28.7. The summed E-state index contributed by atoms with van der Waals surface area (Å²) in [6.45, 7) is 1.40.